The molecule has 110 valence electrons. The minimum atomic E-state index is 0.122. The van der Waals surface area contributed by atoms with Crippen LogP contribution < -0.4 is 10.6 Å². The van der Waals surface area contributed by atoms with Crippen molar-refractivity contribution < 1.29 is 4.79 Å². The van der Waals surface area contributed by atoms with Crippen LogP contribution in [-0.4, -0.2) is 28.8 Å². The number of hydrogen-bond donors (Lipinski definition) is 2. The van der Waals surface area contributed by atoms with Crippen LogP contribution in [0.4, 0.5) is 0 Å². The van der Waals surface area contributed by atoms with E-state index in [1.165, 1.54) is 5.56 Å². The van der Waals surface area contributed by atoms with Crippen molar-refractivity contribution in [3.63, 3.8) is 0 Å². The van der Waals surface area contributed by atoms with E-state index in [4.69, 9.17) is 0 Å². The lowest BCUT2D eigenvalue weighted by Gasteiger charge is -2.11. The fraction of sp³-hybridized carbons (Fsp3) is 0.375. The summed E-state index contributed by atoms with van der Waals surface area (Å²) in [5.41, 5.74) is 2.31. The molecule has 0 radical (unpaired) electrons. The van der Waals surface area contributed by atoms with E-state index in [0.717, 1.165) is 31.6 Å². The van der Waals surface area contributed by atoms with Crippen molar-refractivity contribution >= 4 is 5.91 Å². The Bertz CT molecular complexity index is 588. The second-order valence-corrected chi connectivity index (χ2v) is 5.43. The van der Waals surface area contributed by atoms with Gasteiger partial charge in [0.15, 0.2) is 0 Å². The monoisotopic (exact) mass is 284 g/mol. The van der Waals surface area contributed by atoms with E-state index in [1.807, 2.05) is 29.1 Å². The Hall–Kier alpha value is -2.14. The fourth-order valence-electron chi connectivity index (χ4n) is 2.63. The quantitative estimate of drug-likeness (QED) is 0.866. The topological polar surface area (TPSA) is 59.0 Å². The standard InChI is InChI=1S/C16H20N4O/c21-16(15-5-7-17-11-15)18-10-13-3-1-4-14(9-13)12-20-8-2-6-19-20/h1-4,6,8-9,15,17H,5,7,10-12H2,(H,18,21). The van der Waals surface area contributed by atoms with E-state index >= 15 is 0 Å². The minimum Gasteiger partial charge on any atom is -0.352 e. The first-order valence-electron chi connectivity index (χ1n) is 7.35. The first kappa shape index (κ1) is 13.8. The first-order valence-corrected chi connectivity index (χ1v) is 7.35. The minimum absolute atomic E-state index is 0.122. The van der Waals surface area contributed by atoms with Gasteiger partial charge in [0.05, 0.1) is 12.5 Å². The highest BCUT2D eigenvalue weighted by molar-refractivity contribution is 5.79. The van der Waals surface area contributed by atoms with Gasteiger partial charge in [-0.3, -0.25) is 9.48 Å². The number of aromatic nitrogens is 2. The molecule has 1 saturated heterocycles. The van der Waals surface area contributed by atoms with Gasteiger partial charge in [0.2, 0.25) is 5.91 Å². The van der Waals surface area contributed by atoms with Gasteiger partial charge in [-0.1, -0.05) is 24.3 Å². The maximum Gasteiger partial charge on any atom is 0.224 e. The van der Waals surface area contributed by atoms with E-state index in [1.54, 1.807) is 6.20 Å². The van der Waals surface area contributed by atoms with E-state index in [9.17, 15) is 4.79 Å². The molecule has 5 heteroatoms. The maximum atomic E-state index is 12.0. The van der Waals surface area contributed by atoms with Crippen LogP contribution in [-0.2, 0) is 17.9 Å². The molecular weight excluding hydrogens is 264 g/mol. The molecule has 0 aliphatic carbocycles. The van der Waals surface area contributed by atoms with Crippen LogP contribution in [0.2, 0.25) is 0 Å². The van der Waals surface area contributed by atoms with Gasteiger partial charge in [-0.05, 0) is 30.2 Å². The average molecular weight is 284 g/mol. The van der Waals surface area contributed by atoms with E-state index in [0.29, 0.717) is 6.54 Å². The van der Waals surface area contributed by atoms with Gasteiger partial charge in [0, 0.05) is 25.5 Å². The average Bonchev–Trinajstić information content (AvgIpc) is 3.18. The highest BCUT2D eigenvalue weighted by Crippen LogP contribution is 2.09. The van der Waals surface area contributed by atoms with Crippen molar-refractivity contribution in [2.45, 2.75) is 19.5 Å². The van der Waals surface area contributed by atoms with Crippen LogP contribution in [0.15, 0.2) is 42.7 Å². The van der Waals surface area contributed by atoms with Crippen LogP contribution in [0.3, 0.4) is 0 Å². The zero-order valence-corrected chi connectivity index (χ0v) is 12.0. The zero-order chi connectivity index (χ0) is 14.5. The molecule has 1 unspecified atom stereocenters. The van der Waals surface area contributed by atoms with Gasteiger partial charge in [-0.25, -0.2) is 0 Å². The summed E-state index contributed by atoms with van der Waals surface area (Å²) in [4.78, 5) is 12.0. The molecule has 5 nitrogen and oxygen atoms in total. The van der Waals surface area contributed by atoms with Crippen molar-refractivity contribution in [2.24, 2.45) is 5.92 Å². The lowest BCUT2D eigenvalue weighted by Crippen LogP contribution is -2.31. The van der Waals surface area contributed by atoms with E-state index < -0.39 is 0 Å². The summed E-state index contributed by atoms with van der Waals surface area (Å²) >= 11 is 0. The molecule has 21 heavy (non-hydrogen) atoms. The second-order valence-electron chi connectivity index (χ2n) is 5.43. The lowest BCUT2D eigenvalue weighted by atomic mass is 10.1. The molecule has 2 heterocycles. The first-order chi connectivity index (χ1) is 10.3. The molecule has 2 aromatic rings. The molecule has 0 spiro atoms. The Morgan fingerprint density at radius 3 is 3.05 bits per heavy atom. The van der Waals surface area contributed by atoms with Crippen LogP contribution in [0, 0.1) is 5.92 Å². The highest BCUT2D eigenvalue weighted by atomic mass is 16.1. The maximum absolute atomic E-state index is 12.0. The fourth-order valence-corrected chi connectivity index (χ4v) is 2.63. The SMILES string of the molecule is O=C(NCc1cccc(Cn2cccn2)c1)C1CCNC1. The van der Waals surface area contributed by atoms with Gasteiger partial charge in [0.1, 0.15) is 0 Å². The molecule has 1 aliphatic rings. The summed E-state index contributed by atoms with van der Waals surface area (Å²) in [6, 6.07) is 10.2. The van der Waals surface area contributed by atoms with E-state index in [2.05, 4.69) is 27.9 Å². The summed E-state index contributed by atoms with van der Waals surface area (Å²) in [5.74, 6) is 0.273. The molecule has 1 atom stereocenters. The largest absolute Gasteiger partial charge is 0.352 e. The lowest BCUT2D eigenvalue weighted by molar-refractivity contribution is -0.124. The summed E-state index contributed by atoms with van der Waals surface area (Å²) in [5, 5.41) is 10.4. The Kier molecular flexibility index (Phi) is 4.31. The predicted octanol–water partition coefficient (Wildman–Crippen LogP) is 1.16. The van der Waals surface area contributed by atoms with Crippen LogP contribution in [0.25, 0.3) is 0 Å². The number of rotatable bonds is 5. The molecule has 1 fully saturated rings. The summed E-state index contributed by atoms with van der Waals surface area (Å²) in [6.07, 6.45) is 4.66. The molecular formula is C16H20N4O. The van der Waals surface area contributed by atoms with Gasteiger partial charge in [-0.15, -0.1) is 0 Å². The molecule has 3 rings (SSSR count). The smallest absolute Gasteiger partial charge is 0.224 e. The van der Waals surface area contributed by atoms with Gasteiger partial charge in [-0.2, -0.15) is 5.10 Å². The predicted molar refractivity (Wildman–Crippen MR) is 80.6 cm³/mol. The van der Waals surface area contributed by atoms with Crippen molar-refractivity contribution in [1.82, 2.24) is 20.4 Å². The van der Waals surface area contributed by atoms with Crippen molar-refractivity contribution in [1.29, 1.82) is 0 Å². The van der Waals surface area contributed by atoms with Crippen molar-refractivity contribution in [3.8, 4) is 0 Å². The molecule has 1 aromatic carbocycles. The molecule has 1 aromatic heterocycles. The summed E-state index contributed by atoms with van der Waals surface area (Å²) < 4.78 is 1.89. The number of carbonyl (C=O) groups excluding carboxylic acids is 1. The Morgan fingerprint density at radius 2 is 2.29 bits per heavy atom. The van der Waals surface area contributed by atoms with Crippen molar-refractivity contribution in [2.75, 3.05) is 13.1 Å². The molecule has 1 aliphatic heterocycles. The molecule has 0 saturated carbocycles. The molecule has 1 amide bonds. The van der Waals surface area contributed by atoms with Crippen LogP contribution in [0.5, 0.6) is 0 Å². The van der Waals surface area contributed by atoms with Crippen LogP contribution >= 0.6 is 0 Å². The number of nitrogens with zero attached hydrogens (tertiary/aromatic N) is 2. The number of nitrogens with one attached hydrogen (secondary N) is 2. The molecule has 2 N–H and O–H groups in total. The number of benzene rings is 1. The van der Waals surface area contributed by atoms with Gasteiger partial charge in [0.25, 0.3) is 0 Å². The Labute approximate surface area is 124 Å². The third-order valence-electron chi connectivity index (χ3n) is 3.79. The second kappa shape index (κ2) is 6.54. The van der Waals surface area contributed by atoms with E-state index in [-0.39, 0.29) is 11.8 Å². The Morgan fingerprint density at radius 1 is 1.38 bits per heavy atom. The normalized spacial score (nSPS) is 17.8. The van der Waals surface area contributed by atoms with Gasteiger partial charge >= 0.3 is 0 Å². The number of amides is 1. The highest BCUT2D eigenvalue weighted by Gasteiger charge is 2.21. The van der Waals surface area contributed by atoms with Gasteiger partial charge < -0.3 is 10.6 Å². The molecule has 0 bridgehead atoms. The number of carbonyl (C=O) groups is 1. The summed E-state index contributed by atoms with van der Waals surface area (Å²) in [7, 11) is 0. The van der Waals surface area contributed by atoms with Crippen LogP contribution in [0.1, 0.15) is 17.5 Å². The third-order valence-corrected chi connectivity index (χ3v) is 3.79. The van der Waals surface area contributed by atoms with Crippen molar-refractivity contribution in [3.05, 3.63) is 53.9 Å². The zero-order valence-electron chi connectivity index (χ0n) is 12.0. The third kappa shape index (κ3) is 3.70. The Balaban J connectivity index is 1.56. The summed E-state index contributed by atoms with van der Waals surface area (Å²) in [6.45, 7) is 3.08. The number of hydrogen-bond acceptors (Lipinski definition) is 3.